The van der Waals surface area contributed by atoms with Crippen LogP contribution in [-0.4, -0.2) is 47.8 Å². The summed E-state index contributed by atoms with van der Waals surface area (Å²) in [6.07, 6.45) is 10.7. The molecule has 38 heavy (non-hydrogen) atoms. The van der Waals surface area contributed by atoms with Gasteiger partial charge in [0, 0.05) is 44.2 Å². The second kappa shape index (κ2) is 12.1. The van der Waals surface area contributed by atoms with Crippen molar-refractivity contribution < 1.29 is 4.39 Å². The summed E-state index contributed by atoms with van der Waals surface area (Å²) < 4.78 is 13.6. The predicted octanol–water partition coefficient (Wildman–Crippen LogP) is 6.28. The zero-order valence-electron chi connectivity index (χ0n) is 23.0. The molecule has 1 aromatic carbocycles. The molecule has 3 aliphatic rings. The summed E-state index contributed by atoms with van der Waals surface area (Å²) in [5.74, 6) is 3.63. The first kappa shape index (κ1) is 27.1. The largest absolute Gasteiger partial charge is 0.361 e. The molecule has 0 spiro atoms. The van der Waals surface area contributed by atoms with Gasteiger partial charge < -0.3 is 20.4 Å². The topological polar surface area (TPSA) is 56.3 Å². The van der Waals surface area contributed by atoms with Gasteiger partial charge in [-0.3, -0.25) is 0 Å². The Morgan fingerprint density at radius 3 is 2.16 bits per heavy atom. The normalized spacial score (nSPS) is 23.7. The lowest BCUT2D eigenvalue weighted by Crippen LogP contribution is -2.41. The Bertz CT molecular complexity index is 1070. The molecule has 2 aromatic rings. The SMILES string of the molecule is C[C@@H]1C[C@H](C)CN(c2cc(N3CCCCCC3)nc(NC(=S)NCC3(c4ccc(F)cc4)CCCC3)n2)C1. The molecule has 0 bridgehead atoms. The Balaban J connectivity index is 1.33. The molecular weight excluding hydrogens is 495 g/mol. The second-order valence-electron chi connectivity index (χ2n) is 12.0. The quantitative estimate of drug-likeness (QED) is 0.420. The molecular formula is C30H43FN6S. The van der Waals surface area contributed by atoms with Crippen LogP contribution < -0.4 is 20.4 Å². The zero-order chi connectivity index (χ0) is 26.5. The van der Waals surface area contributed by atoms with E-state index in [1.54, 1.807) is 12.1 Å². The summed E-state index contributed by atoms with van der Waals surface area (Å²) in [5.41, 5.74) is 1.15. The number of hydrogen-bond donors (Lipinski definition) is 2. The third kappa shape index (κ3) is 6.56. The van der Waals surface area contributed by atoms with Crippen molar-refractivity contribution in [3.8, 4) is 0 Å². The Hall–Kier alpha value is -2.48. The van der Waals surface area contributed by atoms with E-state index in [4.69, 9.17) is 22.2 Å². The van der Waals surface area contributed by atoms with Crippen molar-refractivity contribution in [3.63, 3.8) is 0 Å². The first-order valence-electron chi connectivity index (χ1n) is 14.6. The molecule has 3 fully saturated rings. The number of nitrogens with one attached hydrogen (secondary N) is 2. The molecule has 2 atom stereocenters. The average molecular weight is 539 g/mol. The lowest BCUT2D eigenvalue weighted by molar-refractivity contribution is 0.355. The summed E-state index contributed by atoms with van der Waals surface area (Å²) in [6, 6.07) is 9.18. The van der Waals surface area contributed by atoms with Crippen LogP contribution in [0.5, 0.6) is 0 Å². The third-order valence-electron chi connectivity index (χ3n) is 8.65. The van der Waals surface area contributed by atoms with Gasteiger partial charge in [0.05, 0.1) is 0 Å². The highest BCUT2D eigenvalue weighted by Gasteiger charge is 2.35. The predicted molar refractivity (Wildman–Crippen MR) is 159 cm³/mol. The lowest BCUT2D eigenvalue weighted by atomic mass is 9.79. The van der Waals surface area contributed by atoms with Gasteiger partial charge in [0.25, 0.3) is 0 Å². The molecule has 0 amide bonds. The van der Waals surface area contributed by atoms with Crippen LogP contribution in [-0.2, 0) is 5.41 Å². The standard InChI is InChI=1S/C30H43FN6S/c1-22-17-23(2)20-37(19-22)27-18-26(36-15-7-3-4-8-16-36)33-28(34-27)35-29(38)32-21-30(13-5-6-14-30)24-9-11-25(31)12-10-24/h9-12,18,22-23H,3-8,13-17,19-21H2,1-2H3,(H2,32,33,34,35,38)/t22-,23+. The van der Waals surface area contributed by atoms with Crippen LogP contribution in [0.1, 0.15) is 77.2 Å². The number of nitrogens with zero attached hydrogens (tertiary/aromatic N) is 4. The second-order valence-corrected chi connectivity index (χ2v) is 12.4. The zero-order valence-corrected chi connectivity index (χ0v) is 23.8. The van der Waals surface area contributed by atoms with E-state index in [9.17, 15) is 4.39 Å². The van der Waals surface area contributed by atoms with Gasteiger partial charge in [-0.25, -0.2) is 4.39 Å². The molecule has 0 unspecified atom stereocenters. The van der Waals surface area contributed by atoms with Gasteiger partial charge in [-0.05, 0) is 73.9 Å². The minimum Gasteiger partial charge on any atom is -0.361 e. The molecule has 206 valence electrons. The van der Waals surface area contributed by atoms with Crippen LogP contribution in [0.3, 0.4) is 0 Å². The molecule has 1 aliphatic carbocycles. The minimum absolute atomic E-state index is 0.0283. The summed E-state index contributed by atoms with van der Waals surface area (Å²) in [5, 5.41) is 7.33. The van der Waals surface area contributed by atoms with E-state index in [-0.39, 0.29) is 11.2 Å². The maximum Gasteiger partial charge on any atom is 0.232 e. The number of benzene rings is 1. The maximum atomic E-state index is 13.6. The van der Waals surface area contributed by atoms with Gasteiger partial charge >= 0.3 is 0 Å². The van der Waals surface area contributed by atoms with Gasteiger partial charge in [0.2, 0.25) is 5.95 Å². The highest BCUT2D eigenvalue weighted by atomic mass is 32.1. The number of rotatable bonds is 6. The summed E-state index contributed by atoms with van der Waals surface area (Å²) in [6.45, 7) is 9.48. The molecule has 5 rings (SSSR count). The van der Waals surface area contributed by atoms with E-state index in [0.29, 0.717) is 29.4 Å². The smallest absolute Gasteiger partial charge is 0.232 e. The van der Waals surface area contributed by atoms with Gasteiger partial charge in [-0.1, -0.05) is 51.7 Å². The van der Waals surface area contributed by atoms with Gasteiger partial charge in [0.1, 0.15) is 17.5 Å². The Morgan fingerprint density at radius 1 is 0.921 bits per heavy atom. The van der Waals surface area contributed by atoms with E-state index >= 15 is 0 Å². The number of anilines is 3. The van der Waals surface area contributed by atoms with Crippen molar-refractivity contribution in [3.05, 3.63) is 41.7 Å². The van der Waals surface area contributed by atoms with Crippen molar-refractivity contribution in [2.75, 3.05) is 47.8 Å². The van der Waals surface area contributed by atoms with Crippen molar-refractivity contribution in [1.82, 2.24) is 15.3 Å². The summed E-state index contributed by atoms with van der Waals surface area (Å²) in [4.78, 5) is 14.7. The molecule has 3 heterocycles. The fourth-order valence-corrected chi connectivity index (χ4v) is 6.93. The average Bonchev–Trinajstić information content (AvgIpc) is 3.21. The molecule has 6 nitrogen and oxygen atoms in total. The van der Waals surface area contributed by atoms with Crippen LogP contribution in [0.4, 0.5) is 22.0 Å². The number of hydrogen-bond acceptors (Lipinski definition) is 5. The molecule has 1 saturated carbocycles. The minimum atomic E-state index is -0.193. The van der Waals surface area contributed by atoms with Gasteiger partial charge in [-0.2, -0.15) is 9.97 Å². The van der Waals surface area contributed by atoms with Gasteiger partial charge in [-0.15, -0.1) is 0 Å². The lowest BCUT2D eigenvalue weighted by Gasteiger charge is -2.36. The van der Waals surface area contributed by atoms with Crippen LogP contribution in [0.15, 0.2) is 30.3 Å². The molecule has 2 saturated heterocycles. The fourth-order valence-electron chi connectivity index (χ4n) is 6.77. The molecule has 0 radical (unpaired) electrons. The number of thiocarbonyl (C=S) groups is 1. The van der Waals surface area contributed by atoms with Crippen LogP contribution in [0.25, 0.3) is 0 Å². The number of piperidine rings is 1. The summed E-state index contributed by atoms with van der Waals surface area (Å²) in [7, 11) is 0. The van der Waals surface area contributed by atoms with Crippen LogP contribution in [0, 0.1) is 17.7 Å². The molecule has 2 aliphatic heterocycles. The third-order valence-corrected chi connectivity index (χ3v) is 8.90. The molecule has 8 heteroatoms. The van der Waals surface area contributed by atoms with Crippen molar-refractivity contribution >= 4 is 34.9 Å². The maximum absolute atomic E-state index is 13.6. The molecule has 1 aromatic heterocycles. The number of aromatic nitrogens is 2. The van der Waals surface area contributed by atoms with Crippen molar-refractivity contribution in [1.29, 1.82) is 0 Å². The van der Waals surface area contributed by atoms with E-state index in [2.05, 4.69) is 40.3 Å². The van der Waals surface area contributed by atoms with E-state index in [1.165, 1.54) is 50.5 Å². The van der Waals surface area contributed by atoms with Crippen molar-refractivity contribution in [2.24, 2.45) is 11.8 Å². The number of halogens is 1. The monoisotopic (exact) mass is 538 g/mol. The van der Waals surface area contributed by atoms with E-state index in [1.807, 2.05) is 12.1 Å². The van der Waals surface area contributed by atoms with Gasteiger partial charge in [0.15, 0.2) is 5.11 Å². The van der Waals surface area contributed by atoms with Crippen LogP contribution in [0.2, 0.25) is 0 Å². The van der Waals surface area contributed by atoms with E-state index in [0.717, 1.165) is 50.7 Å². The first-order valence-corrected chi connectivity index (χ1v) is 15.0. The fraction of sp³-hybridized carbons (Fsp3) is 0.633. The van der Waals surface area contributed by atoms with E-state index < -0.39 is 0 Å². The molecule has 2 N–H and O–H groups in total. The van der Waals surface area contributed by atoms with Crippen LogP contribution >= 0.6 is 12.2 Å². The Morgan fingerprint density at radius 2 is 1.53 bits per heavy atom. The van der Waals surface area contributed by atoms with Crippen molar-refractivity contribution in [2.45, 2.75) is 77.0 Å². The first-order chi connectivity index (χ1) is 18.4. The Kier molecular flexibility index (Phi) is 8.66. The highest BCUT2D eigenvalue weighted by Crippen LogP contribution is 2.40. The summed E-state index contributed by atoms with van der Waals surface area (Å²) >= 11 is 5.76. The Labute approximate surface area is 232 Å². The highest BCUT2D eigenvalue weighted by molar-refractivity contribution is 7.80.